The van der Waals surface area contributed by atoms with Crippen LogP contribution >= 0.6 is 0 Å². The van der Waals surface area contributed by atoms with Crippen molar-refractivity contribution in [2.75, 3.05) is 26.4 Å². The Labute approximate surface area is 291 Å². The average molecular weight is 667 g/mol. The van der Waals surface area contributed by atoms with Crippen LogP contribution in [0.15, 0.2) is 12.2 Å². The van der Waals surface area contributed by atoms with Gasteiger partial charge in [-0.05, 0) is 38.5 Å². The maximum atomic E-state index is 12.3. The third-order valence-corrected chi connectivity index (χ3v) is 9.38. The second kappa shape index (κ2) is 35.9. The molecule has 0 aliphatic carbocycles. The van der Waals surface area contributed by atoms with Crippen LogP contribution in [0.5, 0.6) is 0 Å². The van der Waals surface area contributed by atoms with Gasteiger partial charge in [-0.1, -0.05) is 167 Å². The van der Waals surface area contributed by atoms with Crippen molar-refractivity contribution in [2.24, 2.45) is 5.41 Å². The Morgan fingerprint density at radius 3 is 1.02 bits per heavy atom. The molecule has 0 bridgehead atoms. The first-order valence-corrected chi connectivity index (χ1v) is 20.2. The maximum Gasteiger partial charge on any atom is 0.305 e. The van der Waals surface area contributed by atoms with E-state index in [2.05, 4.69) is 26.0 Å². The van der Waals surface area contributed by atoms with Gasteiger partial charge in [-0.15, -0.1) is 0 Å². The molecule has 278 valence electrons. The molecular formula is C41H78O6. The lowest BCUT2D eigenvalue weighted by Gasteiger charge is -2.28. The molecule has 0 aromatic rings. The number of aliphatic hydroxyl groups is 2. The average Bonchev–Trinajstić information content (AvgIpc) is 3.08. The SMILES string of the molecule is CCCCCCCC/C=C\CCCCCCCC(=O)OCC(CO)(CO)COC(=O)CCCCCCCCCCCCCCCCC. The molecule has 0 radical (unpaired) electrons. The molecule has 0 aliphatic heterocycles. The minimum atomic E-state index is -1.16. The number of hydrogen-bond donors (Lipinski definition) is 2. The molecular weight excluding hydrogens is 588 g/mol. The molecule has 0 aromatic carbocycles. The third-order valence-electron chi connectivity index (χ3n) is 9.38. The monoisotopic (exact) mass is 667 g/mol. The van der Waals surface area contributed by atoms with E-state index in [1.165, 1.54) is 135 Å². The smallest absolute Gasteiger partial charge is 0.305 e. The van der Waals surface area contributed by atoms with Crippen molar-refractivity contribution in [3.8, 4) is 0 Å². The summed E-state index contributed by atoms with van der Waals surface area (Å²) in [6.45, 7) is 3.37. The first-order chi connectivity index (χ1) is 23.0. The van der Waals surface area contributed by atoms with E-state index < -0.39 is 18.6 Å². The second-order valence-corrected chi connectivity index (χ2v) is 14.2. The molecule has 0 spiro atoms. The van der Waals surface area contributed by atoms with Gasteiger partial charge in [0, 0.05) is 12.8 Å². The van der Waals surface area contributed by atoms with Gasteiger partial charge in [-0.2, -0.15) is 0 Å². The van der Waals surface area contributed by atoms with Gasteiger partial charge in [0.15, 0.2) is 0 Å². The van der Waals surface area contributed by atoms with Gasteiger partial charge in [0.1, 0.15) is 13.2 Å². The summed E-state index contributed by atoms with van der Waals surface area (Å²) >= 11 is 0. The Morgan fingerprint density at radius 1 is 0.447 bits per heavy atom. The van der Waals surface area contributed by atoms with Crippen molar-refractivity contribution < 1.29 is 29.3 Å². The highest BCUT2D eigenvalue weighted by molar-refractivity contribution is 5.69. The Bertz CT molecular complexity index is 702. The Kier molecular flexibility index (Phi) is 34.8. The van der Waals surface area contributed by atoms with E-state index in [0.29, 0.717) is 12.8 Å². The zero-order valence-electron chi connectivity index (χ0n) is 31.2. The lowest BCUT2D eigenvalue weighted by molar-refractivity contribution is -0.159. The van der Waals surface area contributed by atoms with Crippen LogP contribution in [0, 0.1) is 5.41 Å². The Morgan fingerprint density at radius 2 is 0.723 bits per heavy atom. The maximum absolute atomic E-state index is 12.3. The quantitative estimate of drug-likeness (QED) is 0.0389. The van der Waals surface area contributed by atoms with E-state index >= 15 is 0 Å². The minimum Gasteiger partial charge on any atom is -0.465 e. The molecule has 0 fully saturated rings. The number of esters is 2. The highest BCUT2D eigenvalue weighted by Crippen LogP contribution is 2.19. The number of rotatable bonds is 37. The standard InChI is InChI=1S/C41H78O6/c1-3-5-7-9-11-13-15-17-19-21-23-25-27-29-31-33-39(44)46-37-41(35-42,36-43)38-47-40(45)34-32-30-28-26-24-22-20-18-16-14-12-10-8-6-4-2/h17,19,42-43H,3-16,18,20-38H2,1-2H3/b19-17-. The number of carbonyl (C=O) groups excluding carboxylic acids is 2. The number of hydrogen-bond acceptors (Lipinski definition) is 6. The molecule has 6 heteroatoms. The highest BCUT2D eigenvalue weighted by atomic mass is 16.5. The van der Waals surface area contributed by atoms with Crippen molar-refractivity contribution >= 4 is 11.9 Å². The summed E-state index contributed by atoms with van der Waals surface area (Å²) in [5, 5.41) is 19.8. The second-order valence-electron chi connectivity index (χ2n) is 14.2. The fraction of sp³-hybridized carbons (Fsp3) is 0.902. The van der Waals surface area contributed by atoms with Crippen LogP contribution in [0.1, 0.15) is 206 Å². The van der Waals surface area contributed by atoms with Crippen LogP contribution in [-0.2, 0) is 19.1 Å². The molecule has 6 nitrogen and oxygen atoms in total. The van der Waals surface area contributed by atoms with Gasteiger partial charge in [0.05, 0.1) is 18.6 Å². The highest BCUT2D eigenvalue weighted by Gasteiger charge is 2.33. The van der Waals surface area contributed by atoms with Crippen LogP contribution in [0.2, 0.25) is 0 Å². The van der Waals surface area contributed by atoms with Gasteiger partial charge in [-0.3, -0.25) is 9.59 Å². The zero-order chi connectivity index (χ0) is 34.5. The van der Waals surface area contributed by atoms with Gasteiger partial charge < -0.3 is 19.7 Å². The number of aliphatic hydroxyl groups excluding tert-OH is 2. The Balaban J connectivity index is 3.76. The summed E-state index contributed by atoms with van der Waals surface area (Å²) in [6, 6.07) is 0. The largest absolute Gasteiger partial charge is 0.465 e. The first-order valence-electron chi connectivity index (χ1n) is 20.2. The van der Waals surface area contributed by atoms with Crippen LogP contribution in [0.25, 0.3) is 0 Å². The number of ether oxygens (including phenoxy) is 2. The Hall–Kier alpha value is -1.40. The summed E-state index contributed by atoms with van der Waals surface area (Å²) in [7, 11) is 0. The van der Waals surface area contributed by atoms with Gasteiger partial charge in [0.25, 0.3) is 0 Å². The van der Waals surface area contributed by atoms with Crippen molar-refractivity contribution in [1.29, 1.82) is 0 Å². The van der Waals surface area contributed by atoms with Crippen molar-refractivity contribution in [3.05, 3.63) is 12.2 Å². The fourth-order valence-electron chi connectivity index (χ4n) is 5.87. The van der Waals surface area contributed by atoms with Crippen molar-refractivity contribution in [2.45, 2.75) is 206 Å². The number of allylic oxidation sites excluding steroid dienone is 2. The molecule has 0 amide bonds. The van der Waals surface area contributed by atoms with E-state index in [0.717, 1.165) is 44.9 Å². The van der Waals surface area contributed by atoms with Gasteiger partial charge >= 0.3 is 11.9 Å². The van der Waals surface area contributed by atoms with Crippen LogP contribution in [-0.4, -0.2) is 48.6 Å². The first kappa shape index (κ1) is 45.6. The molecule has 0 aliphatic rings. The molecule has 0 heterocycles. The molecule has 0 rings (SSSR count). The number of unbranched alkanes of at least 4 members (excludes halogenated alkanes) is 25. The third kappa shape index (κ3) is 31.6. The molecule has 0 atom stereocenters. The van der Waals surface area contributed by atoms with Crippen molar-refractivity contribution in [1.82, 2.24) is 0 Å². The van der Waals surface area contributed by atoms with Crippen LogP contribution in [0.4, 0.5) is 0 Å². The van der Waals surface area contributed by atoms with Crippen LogP contribution in [0.3, 0.4) is 0 Å². The summed E-state index contributed by atoms with van der Waals surface area (Å²) in [5.41, 5.74) is -1.16. The predicted octanol–water partition coefficient (Wildman–Crippen LogP) is 11.3. The lowest BCUT2D eigenvalue weighted by atomic mass is 9.92. The summed E-state index contributed by atoms with van der Waals surface area (Å²) in [5.74, 6) is -0.663. The normalized spacial score (nSPS) is 11.8. The lowest BCUT2D eigenvalue weighted by Crippen LogP contribution is -2.41. The van der Waals surface area contributed by atoms with Gasteiger partial charge in [0.2, 0.25) is 0 Å². The topological polar surface area (TPSA) is 93.1 Å². The molecule has 0 unspecified atom stereocenters. The summed E-state index contributed by atoms with van der Waals surface area (Å²) < 4.78 is 10.7. The van der Waals surface area contributed by atoms with Crippen LogP contribution < -0.4 is 0 Å². The van der Waals surface area contributed by atoms with Crippen molar-refractivity contribution in [3.63, 3.8) is 0 Å². The van der Waals surface area contributed by atoms with E-state index in [1.807, 2.05) is 0 Å². The van der Waals surface area contributed by atoms with E-state index in [-0.39, 0.29) is 25.2 Å². The molecule has 47 heavy (non-hydrogen) atoms. The molecule has 0 saturated heterocycles. The number of carbonyl (C=O) groups is 2. The summed E-state index contributed by atoms with van der Waals surface area (Å²) in [6.07, 6.45) is 40.0. The van der Waals surface area contributed by atoms with E-state index in [9.17, 15) is 19.8 Å². The van der Waals surface area contributed by atoms with E-state index in [4.69, 9.17) is 9.47 Å². The summed E-state index contributed by atoms with van der Waals surface area (Å²) in [4.78, 5) is 24.5. The fourth-order valence-corrected chi connectivity index (χ4v) is 5.87. The molecule has 0 aromatic heterocycles. The molecule has 0 saturated carbocycles. The van der Waals surface area contributed by atoms with Gasteiger partial charge in [-0.25, -0.2) is 0 Å². The minimum absolute atomic E-state index is 0.155. The predicted molar refractivity (Wildman–Crippen MR) is 198 cm³/mol. The van der Waals surface area contributed by atoms with E-state index in [1.54, 1.807) is 0 Å². The molecule has 2 N–H and O–H groups in total. The zero-order valence-corrected chi connectivity index (χ0v) is 31.2.